The second-order valence-corrected chi connectivity index (χ2v) is 9.84. The first-order valence-electron chi connectivity index (χ1n) is 12.9. The Hall–Kier alpha value is -5.09. The van der Waals surface area contributed by atoms with E-state index >= 15 is 4.39 Å². The maximum atomic E-state index is 15.2. The number of aliphatic hydroxyl groups excluding tert-OH is 1. The van der Waals surface area contributed by atoms with Gasteiger partial charge in [-0.25, -0.2) is 13.8 Å². The highest BCUT2D eigenvalue weighted by atomic mass is 19.1. The van der Waals surface area contributed by atoms with Crippen LogP contribution in [0.4, 0.5) is 20.2 Å². The number of carbonyl (C=O) groups is 2. The Morgan fingerprint density at radius 2 is 1.66 bits per heavy atom. The second-order valence-electron chi connectivity index (χ2n) is 9.84. The smallest absolute Gasteiger partial charge is 0.240 e. The van der Waals surface area contributed by atoms with Crippen LogP contribution in [0.25, 0.3) is 22.2 Å². The maximum Gasteiger partial charge on any atom is 0.240 e. The van der Waals surface area contributed by atoms with E-state index in [0.29, 0.717) is 35.3 Å². The molecule has 2 aromatic heterocycles. The SMILES string of the molecule is O=C(Nc1ccc(F)cc1)C1(C(=O)Nc2ccc(Oc3ccnc4[nH]cc(-c5cccc(CO)c5)c34)c(F)c2)CC1. The zero-order chi connectivity index (χ0) is 28.6. The fraction of sp³-hybridized carbons (Fsp3) is 0.129. The van der Waals surface area contributed by atoms with E-state index in [0.717, 1.165) is 22.8 Å². The number of aliphatic hydroxyl groups is 1. The molecule has 0 bridgehead atoms. The van der Waals surface area contributed by atoms with Crippen molar-refractivity contribution in [1.29, 1.82) is 0 Å². The predicted octanol–water partition coefficient (Wildman–Crippen LogP) is 6.15. The topological polar surface area (TPSA) is 116 Å². The van der Waals surface area contributed by atoms with Crippen molar-refractivity contribution >= 4 is 34.2 Å². The van der Waals surface area contributed by atoms with Crippen molar-refractivity contribution in [3.63, 3.8) is 0 Å². The normalized spacial score (nSPS) is 13.5. The molecule has 5 aromatic rings. The summed E-state index contributed by atoms with van der Waals surface area (Å²) in [5.74, 6) is -1.91. The average molecular weight is 555 g/mol. The summed E-state index contributed by atoms with van der Waals surface area (Å²) in [6.45, 7) is -0.105. The van der Waals surface area contributed by atoms with Gasteiger partial charge in [0.05, 0.1) is 12.0 Å². The number of carbonyl (C=O) groups excluding carboxylic acids is 2. The van der Waals surface area contributed by atoms with Crippen molar-refractivity contribution in [2.75, 3.05) is 10.6 Å². The molecule has 0 radical (unpaired) electrons. The highest BCUT2D eigenvalue weighted by Crippen LogP contribution is 2.47. The van der Waals surface area contributed by atoms with Gasteiger partial charge in [-0.3, -0.25) is 9.59 Å². The van der Waals surface area contributed by atoms with E-state index in [2.05, 4.69) is 20.6 Å². The number of ether oxygens (including phenoxy) is 1. The van der Waals surface area contributed by atoms with E-state index < -0.39 is 28.9 Å². The van der Waals surface area contributed by atoms with E-state index in [4.69, 9.17) is 4.74 Å². The van der Waals surface area contributed by atoms with E-state index in [-0.39, 0.29) is 18.0 Å². The Bertz CT molecular complexity index is 1780. The summed E-state index contributed by atoms with van der Waals surface area (Å²) < 4.78 is 34.3. The summed E-state index contributed by atoms with van der Waals surface area (Å²) in [5.41, 5.74) is 2.16. The number of aromatic nitrogens is 2. The van der Waals surface area contributed by atoms with Gasteiger partial charge in [-0.05, 0) is 72.5 Å². The minimum atomic E-state index is -1.28. The van der Waals surface area contributed by atoms with Crippen LogP contribution < -0.4 is 15.4 Å². The van der Waals surface area contributed by atoms with Gasteiger partial charge in [0.2, 0.25) is 11.8 Å². The van der Waals surface area contributed by atoms with Gasteiger partial charge < -0.3 is 25.5 Å². The number of hydrogen-bond acceptors (Lipinski definition) is 5. The number of H-pyrrole nitrogens is 1. The van der Waals surface area contributed by atoms with Crippen LogP contribution in [0.5, 0.6) is 11.5 Å². The number of anilines is 2. The third-order valence-electron chi connectivity index (χ3n) is 7.09. The lowest BCUT2D eigenvalue weighted by molar-refractivity contribution is -0.131. The number of amides is 2. The zero-order valence-corrected chi connectivity index (χ0v) is 21.6. The summed E-state index contributed by atoms with van der Waals surface area (Å²) in [7, 11) is 0. The Morgan fingerprint density at radius 1 is 0.927 bits per heavy atom. The highest BCUT2D eigenvalue weighted by molar-refractivity contribution is 6.16. The third kappa shape index (κ3) is 5.12. The monoisotopic (exact) mass is 554 g/mol. The Labute approximate surface area is 233 Å². The molecule has 2 amide bonds. The number of pyridine rings is 1. The quantitative estimate of drug-likeness (QED) is 0.172. The van der Waals surface area contributed by atoms with Crippen molar-refractivity contribution < 1.29 is 28.2 Å². The molecular formula is C31H24F2N4O4. The zero-order valence-electron chi connectivity index (χ0n) is 21.6. The molecule has 10 heteroatoms. The van der Waals surface area contributed by atoms with Crippen LogP contribution in [0, 0.1) is 17.0 Å². The fourth-order valence-electron chi connectivity index (χ4n) is 4.67. The second kappa shape index (κ2) is 10.5. The fourth-order valence-corrected chi connectivity index (χ4v) is 4.67. The first kappa shape index (κ1) is 26.1. The van der Waals surface area contributed by atoms with E-state index in [1.165, 1.54) is 36.4 Å². The van der Waals surface area contributed by atoms with E-state index in [9.17, 15) is 19.1 Å². The lowest BCUT2D eigenvalue weighted by Crippen LogP contribution is -2.35. The first-order chi connectivity index (χ1) is 19.9. The van der Waals surface area contributed by atoms with Crippen LogP contribution >= 0.6 is 0 Å². The van der Waals surface area contributed by atoms with Gasteiger partial charge in [0.1, 0.15) is 22.6 Å². The van der Waals surface area contributed by atoms with Crippen molar-refractivity contribution in [3.8, 4) is 22.6 Å². The Morgan fingerprint density at radius 3 is 2.37 bits per heavy atom. The predicted molar refractivity (Wildman–Crippen MR) is 149 cm³/mol. The van der Waals surface area contributed by atoms with Crippen LogP contribution in [-0.4, -0.2) is 26.9 Å². The van der Waals surface area contributed by atoms with E-state index in [1.54, 1.807) is 18.5 Å². The molecule has 1 saturated carbocycles. The van der Waals surface area contributed by atoms with Gasteiger partial charge in [-0.2, -0.15) is 0 Å². The number of hydrogen-bond donors (Lipinski definition) is 4. The standard InChI is InChI=1S/C31H24F2N4O4/c32-20-4-6-21(7-5-20)36-29(39)31(11-12-31)30(40)37-22-8-9-25(24(33)15-22)41-26-10-13-34-28-27(26)23(16-35-28)19-3-1-2-18(14-19)17-38/h1-10,13-16,38H,11-12,17H2,(H,34,35)(H,36,39)(H,37,40). The van der Waals surface area contributed by atoms with Crippen molar-refractivity contribution in [1.82, 2.24) is 9.97 Å². The lowest BCUT2D eigenvalue weighted by Gasteiger charge is -2.16. The van der Waals surface area contributed by atoms with Crippen LogP contribution in [0.2, 0.25) is 0 Å². The number of fused-ring (bicyclic) bond motifs is 1. The number of nitrogens with one attached hydrogen (secondary N) is 3. The molecule has 0 saturated heterocycles. The van der Waals surface area contributed by atoms with Gasteiger partial charge in [0, 0.05) is 35.4 Å². The summed E-state index contributed by atoms with van der Waals surface area (Å²) in [5, 5.41) is 15.4. The van der Waals surface area contributed by atoms with Gasteiger partial charge in [0.25, 0.3) is 0 Å². The summed E-state index contributed by atoms with van der Waals surface area (Å²) in [4.78, 5) is 33.2. The van der Waals surface area contributed by atoms with Gasteiger partial charge in [0.15, 0.2) is 11.6 Å². The molecule has 0 spiro atoms. The van der Waals surface area contributed by atoms with Crippen molar-refractivity contribution in [2.24, 2.45) is 5.41 Å². The van der Waals surface area contributed by atoms with Gasteiger partial charge >= 0.3 is 0 Å². The number of nitrogens with zero attached hydrogens (tertiary/aromatic N) is 1. The molecule has 41 heavy (non-hydrogen) atoms. The number of benzene rings is 3. The minimum Gasteiger partial charge on any atom is -0.453 e. The van der Waals surface area contributed by atoms with Gasteiger partial charge in [-0.15, -0.1) is 0 Å². The maximum absolute atomic E-state index is 15.2. The third-order valence-corrected chi connectivity index (χ3v) is 7.09. The molecule has 0 atom stereocenters. The molecule has 8 nitrogen and oxygen atoms in total. The minimum absolute atomic E-state index is 0.0676. The van der Waals surface area contributed by atoms with E-state index in [1.807, 2.05) is 24.3 Å². The molecule has 6 rings (SSSR count). The first-order valence-corrected chi connectivity index (χ1v) is 12.9. The number of rotatable bonds is 8. The summed E-state index contributed by atoms with van der Waals surface area (Å²) in [6, 6.07) is 18.3. The van der Waals surface area contributed by atoms with Crippen LogP contribution in [0.15, 0.2) is 85.2 Å². The molecular weight excluding hydrogens is 530 g/mol. The van der Waals surface area contributed by atoms with Crippen LogP contribution in [0.3, 0.4) is 0 Å². The largest absolute Gasteiger partial charge is 0.453 e. The van der Waals surface area contributed by atoms with Crippen molar-refractivity contribution in [2.45, 2.75) is 19.4 Å². The molecule has 0 aliphatic heterocycles. The molecule has 1 aliphatic rings. The molecule has 3 aromatic carbocycles. The lowest BCUT2D eigenvalue weighted by atomic mass is 10.0. The van der Waals surface area contributed by atoms with Crippen LogP contribution in [0.1, 0.15) is 18.4 Å². The molecule has 0 unspecified atom stereocenters. The number of halogens is 2. The summed E-state index contributed by atoms with van der Waals surface area (Å²) >= 11 is 0. The molecule has 2 heterocycles. The van der Waals surface area contributed by atoms with Gasteiger partial charge in [-0.1, -0.05) is 18.2 Å². The summed E-state index contributed by atoms with van der Waals surface area (Å²) in [6.07, 6.45) is 4.00. The molecule has 206 valence electrons. The Kier molecular flexibility index (Phi) is 6.68. The molecule has 1 fully saturated rings. The highest BCUT2D eigenvalue weighted by Gasteiger charge is 2.56. The number of aromatic amines is 1. The average Bonchev–Trinajstić information content (AvgIpc) is 3.69. The molecule has 4 N–H and O–H groups in total. The molecule has 1 aliphatic carbocycles. The Balaban J connectivity index is 1.20. The van der Waals surface area contributed by atoms with Crippen molar-refractivity contribution in [3.05, 3.63) is 102 Å². The van der Waals surface area contributed by atoms with Crippen LogP contribution in [-0.2, 0) is 16.2 Å².